The van der Waals surface area contributed by atoms with Gasteiger partial charge in [-0.15, -0.1) is 0 Å². The summed E-state index contributed by atoms with van der Waals surface area (Å²) in [5, 5.41) is 7.02. The number of hydrogen-bond acceptors (Lipinski definition) is 2. The highest BCUT2D eigenvalue weighted by Gasteiger charge is 2.31. The van der Waals surface area contributed by atoms with Gasteiger partial charge in [-0.3, -0.25) is 4.99 Å². The van der Waals surface area contributed by atoms with E-state index < -0.39 is 0 Å². The van der Waals surface area contributed by atoms with Crippen LogP contribution in [0.1, 0.15) is 65.7 Å². The number of hydrogen-bond donors (Lipinski definition) is 2. The first kappa shape index (κ1) is 19.3. The molecule has 1 aliphatic carbocycles. The first-order valence-electron chi connectivity index (χ1n) is 9.36. The van der Waals surface area contributed by atoms with E-state index in [1.54, 1.807) is 0 Å². The van der Waals surface area contributed by atoms with Gasteiger partial charge in [0.15, 0.2) is 5.96 Å². The molecule has 4 heteroatoms. The second kappa shape index (κ2) is 10.9. The average Bonchev–Trinajstić information content (AvgIpc) is 3.03. The van der Waals surface area contributed by atoms with Crippen LogP contribution in [0.5, 0.6) is 0 Å². The number of nitrogens with one attached hydrogen (secondary N) is 2. The van der Waals surface area contributed by atoms with Crippen molar-refractivity contribution in [3.05, 3.63) is 0 Å². The summed E-state index contributed by atoms with van der Waals surface area (Å²) in [5.74, 6) is 0.975. The van der Waals surface area contributed by atoms with E-state index in [0.717, 1.165) is 32.1 Å². The van der Waals surface area contributed by atoms with E-state index >= 15 is 0 Å². The molecule has 0 aromatic heterocycles. The molecular weight excluding hydrogens is 272 g/mol. The van der Waals surface area contributed by atoms with Crippen LogP contribution in [0.3, 0.4) is 0 Å². The molecule has 0 saturated heterocycles. The van der Waals surface area contributed by atoms with Gasteiger partial charge in [-0.2, -0.15) is 0 Å². The molecule has 0 bridgehead atoms. The molecular formula is C18H38N4. The van der Waals surface area contributed by atoms with Gasteiger partial charge in [0.25, 0.3) is 0 Å². The van der Waals surface area contributed by atoms with Gasteiger partial charge in [0, 0.05) is 20.1 Å². The number of aliphatic imine (C=N–C) groups is 1. The molecule has 0 unspecified atom stereocenters. The van der Waals surface area contributed by atoms with Crippen LogP contribution in [-0.2, 0) is 0 Å². The number of unbranched alkanes of at least 4 members (excludes halogenated alkanes) is 1. The van der Waals surface area contributed by atoms with Crippen molar-refractivity contribution >= 4 is 5.96 Å². The second-order valence-corrected chi connectivity index (χ2v) is 6.65. The van der Waals surface area contributed by atoms with Crippen molar-refractivity contribution in [3.8, 4) is 0 Å². The maximum absolute atomic E-state index is 4.36. The Balaban J connectivity index is 2.17. The van der Waals surface area contributed by atoms with E-state index in [-0.39, 0.29) is 0 Å². The van der Waals surface area contributed by atoms with Gasteiger partial charge in [0.2, 0.25) is 0 Å². The molecule has 0 aromatic carbocycles. The lowest BCUT2D eigenvalue weighted by Crippen LogP contribution is -2.43. The molecule has 2 N–H and O–H groups in total. The van der Waals surface area contributed by atoms with E-state index in [9.17, 15) is 0 Å². The second-order valence-electron chi connectivity index (χ2n) is 6.65. The minimum Gasteiger partial charge on any atom is -0.356 e. The third-order valence-corrected chi connectivity index (χ3v) is 5.36. The van der Waals surface area contributed by atoms with Crippen LogP contribution >= 0.6 is 0 Å². The maximum atomic E-state index is 4.36. The lowest BCUT2D eigenvalue weighted by Gasteiger charge is -2.28. The first-order valence-corrected chi connectivity index (χ1v) is 9.36. The molecule has 4 nitrogen and oxygen atoms in total. The van der Waals surface area contributed by atoms with Gasteiger partial charge >= 0.3 is 0 Å². The Morgan fingerprint density at radius 3 is 2.27 bits per heavy atom. The molecule has 1 saturated carbocycles. The zero-order valence-electron chi connectivity index (χ0n) is 15.4. The summed E-state index contributed by atoms with van der Waals surface area (Å²) in [4.78, 5) is 6.85. The fourth-order valence-corrected chi connectivity index (χ4v) is 3.48. The molecule has 1 aliphatic rings. The molecule has 130 valence electrons. The predicted molar refractivity (Wildman–Crippen MR) is 97.6 cm³/mol. The van der Waals surface area contributed by atoms with Crippen molar-refractivity contribution in [1.29, 1.82) is 0 Å². The van der Waals surface area contributed by atoms with Crippen molar-refractivity contribution < 1.29 is 0 Å². The van der Waals surface area contributed by atoms with Crippen LogP contribution < -0.4 is 10.6 Å². The quantitative estimate of drug-likeness (QED) is 0.370. The highest BCUT2D eigenvalue weighted by atomic mass is 15.2. The third kappa shape index (κ3) is 6.55. The molecule has 1 fully saturated rings. The van der Waals surface area contributed by atoms with E-state index in [1.165, 1.54) is 51.5 Å². The lowest BCUT2D eigenvalue weighted by molar-refractivity contribution is 0.283. The summed E-state index contributed by atoms with van der Waals surface area (Å²) in [6, 6.07) is 0. The van der Waals surface area contributed by atoms with Gasteiger partial charge in [0.1, 0.15) is 0 Å². The smallest absolute Gasteiger partial charge is 0.190 e. The highest BCUT2D eigenvalue weighted by Crippen LogP contribution is 2.40. The molecule has 0 aliphatic heterocycles. The Bertz CT molecular complexity index is 304. The Hall–Kier alpha value is -0.770. The van der Waals surface area contributed by atoms with Gasteiger partial charge in [-0.25, -0.2) is 0 Å². The predicted octanol–water partition coefficient (Wildman–Crippen LogP) is 3.24. The zero-order valence-corrected chi connectivity index (χ0v) is 15.4. The monoisotopic (exact) mass is 310 g/mol. The number of rotatable bonds is 10. The SMILES string of the molecule is CCN(CC)CCCCNC(=NC)NCC1(CC)CCCC1. The van der Waals surface area contributed by atoms with Crippen LogP contribution in [0, 0.1) is 5.41 Å². The molecule has 0 heterocycles. The summed E-state index contributed by atoms with van der Waals surface area (Å²) in [7, 11) is 1.87. The molecule has 0 atom stereocenters. The van der Waals surface area contributed by atoms with Crippen molar-refractivity contribution in [2.45, 2.75) is 65.7 Å². The molecule has 0 spiro atoms. The largest absolute Gasteiger partial charge is 0.356 e. The van der Waals surface area contributed by atoms with Crippen molar-refractivity contribution in [1.82, 2.24) is 15.5 Å². The van der Waals surface area contributed by atoms with Crippen LogP contribution in [0.2, 0.25) is 0 Å². The van der Waals surface area contributed by atoms with Gasteiger partial charge < -0.3 is 15.5 Å². The number of nitrogens with zero attached hydrogens (tertiary/aromatic N) is 2. The Labute approximate surface area is 138 Å². The van der Waals surface area contributed by atoms with E-state index in [1.807, 2.05) is 7.05 Å². The minimum atomic E-state index is 0.514. The van der Waals surface area contributed by atoms with Crippen molar-refractivity contribution in [2.75, 3.05) is 39.8 Å². The van der Waals surface area contributed by atoms with E-state index in [4.69, 9.17) is 0 Å². The maximum Gasteiger partial charge on any atom is 0.190 e. The summed E-state index contributed by atoms with van der Waals surface area (Å²) < 4.78 is 0. The lowest BCUT2D eigenvalue weighted by atomic mass is 9.83. The van der Waals surface area contributed by atoms with Crippen LogP contribution in [0.15, 0.2) is 4.99 Å². The topological polar surface area (TPSA) is 39.7 Å². The summed E-state index contributed by atoms with van der Waals surface area (Å²) in [6.45, 7) is 12.4. The average molecular weight is 311 g/mol. The summed E-state index contributed by atoms with van der Waals surface area (Å²) in [5.41, 5.74) is 0.514. The molecule has 0 radical (unpaired) electrons. The fraction of sp³-hybridized carbons (Fsp3) is 0.944. The molecule has 1 rings (SSSR count). The molecule has 0 amide bonds. The molecule has 0 aromatic rings. The highest BCUT2D eigenvalue weighted by molar-refractivity contribution is 5.79. The van der Waals surface area contributed by atoms with Crippen molar-refractivity contribution in [2.24, 2.45) is 10.4 Å². The van der Waals surface area contributed by atoms with Gasteiger partial charge in [0.05, 0.1) is 0 Å². The normalized spacial score (nSPS) is 18.0. The van der Waals surface area contributed by atoms with Crippen molar-refractivity contribution in [3.63, 3.8) is 0 Å². The van der Waals surface area contributed by atoms with Crippen LogP contribution in [0.4, 0.5) is 0 Å². The Morgan fingerprint density at radius 1 is 1.05 bits per heavy atom. The molecule has 22 heavy (non-hydrogen) atoms. The van der Waals surface area contributed by atoms with E-state index in [0.29, 0.717) is 5.41 Å². The van der Waals surface area contributed by atoms with E-state index in [2.05, 4.69) is 41.3 Å². The van der Waals surface area contributed by atoms with Crippen LogP contribution in [-0.4, -0.2) is 50.6 Å². The first-order chi connectivity index (χ1) is 10.7. The van der Waals surface area contributed by atoms with Gasteiger partial charge in [-0.05, 0) is 57.2 Å². The zero-order chi connectivity index (χ0) is 16.3. The van der Waals surface area contributed by atoms with Crippen LogP contribution in [0.25, 0.3) is 0 Å². The summed E-state index contributed by atoms with van der Waals surface area (Å²) >= 11 is 0. The number of guanidine groups is 1. The standard InChI is InChI=1S/C18H38N4/c1-5-18(12-8-9-13-18)16-21-17(19-4)20-14-10-11-15-22(6-2)7-3/h5-16H2,1-4H3,(H2,19,20,21). The fourth-order valence-electron chi connectivity index (χ4n) is 3.48. The van der Waals surface area contributed by atoms with Gasteiger partial charge in [-0.1, -0.05) is 33.6 Å². The summed E-state index contributed by atoms with van der Waals surface area (Å²) in [6.07, 6.45) is 9.27. The third-order valence-electron chi connectivity index (χ3n) is 5.36. The Kier molecular flexibility index (Phi) is 9.53. The Morgan fingerprint density at radius 2 is 1.73 bits per heavy atom. The minimum absolute atomic E-state index is 0.514.